The van der Waals surface area contributed by atoms with Gasteiger partial charge in [-0.1, -0.05) is 6.07 Å². The van der Waals surface area contributed by atoms with Gasteiger partial charge < -0.3 is 20.1 Å². The molecule has 1 amide bonds. The normalized spacial score (nSPS) is 19.2. The van der Waals surface area contributed by atoms with Crippen molar-refractivity contribution in [1.82, 2.24) is 24.9 Å². The van der Waals surface area contributed by atoms with E-state index in [4.69, 9.17) is 9.47 Å². The standard InChI is InChI=1S/C21H21F3N6O3/c1-11-13(9-29(2)27-11)8-25-20(31)15-7-19-26-14(6-18(21(22,23)24)30(19)28-15)12-3-4-16-17(5-12)33-10-32-16/h3-5,7,9,14,18,26H,6,8,10H2,1-2H3,(H,25,31)/t14-,18+/m0/s1. The van der Waals surface area contributed by atoms with Gasteiger partial charge in [-0.05, 0) is 24.6 Å². The highest BCUT2D eigenvalue weighted by Crippen LogP contribution is 2.45. The molecule has 9 nitrogen and oxygen atoms in total. The van der Waals surface area contributed by atoms with Crippen LogP contribution in [0.4, 0.5) is 19.0 Å². The number of halogens is 3. The predicted molar refractivity (Wildman–Crippen MR) is 110 cm³/mol. The van der Waals surface area contributed by atoms with Crippen molar-refractivity contribution < 1.29 is 27.4 Å². The van der Waals surface area contributed by atoms with Crippen LogP contribution in [0.3, 0.4) is 0 Å². The summed E-state index contributed by atoms with van der Waals surface area (Å²) in [4.78, 5) is 12.6. The Morgan fingerprint density at radius 2 is 2.03 bits per heavy atom. The minimum absolute atomic E-state index is 0.0753. The van der Waals surface area contributed by atoms with Crippen LogP contribution in [-0.4, -0.2) is 38.4 Å². The summed E-state index contributed by atoms with van der Waals surface area (Å²) in [7, 11) is 1.77. The van der Waals surface area contributed by atoms with Crippen LogP contribution in [0.2, 0.25) is 0 Å². The SMILES string of the molecule is Cc1nn(C)cc1CNC(=O)c1cc2n(n1)[C@@H](C(F)(F)F)C[C@@H](c1ccc3c(c1)OCO3)N2. The van der Waals surface area contributed by atoms with Crippen LogP contribution >= 0.6 is 0 Å². The first-order chi connectivity index (χ1) is 15.7. The number of anilines is 1. The average molecular weight is 462 g/mol. The summed E-state index contributed by atoms with van der Waals surface area (Å²) in [6.45, 7) is 2.08. The molecule has 2 aliphatic heterocycles. The number of fused-ring (bicyclic) bond motifs is 2. The summed E-state index contributed by atoms with van der Waals surface area (Å²) in [5.74, 6) is 0.592. The maximum absolute atomic E-state index is 13.9. The molecule has 33 heavy (non-hydrogen) atoms. The number of amides is 1. The van der Waals surface area contributed by atoms with Crippen molar-refractivity contribution in [3.63, 3.8) is 0 Å². The molecule has 2 N–H and O–H groups in total. The number of nitrogens with one attached hydrogen (secondary N) is 2. The Kier molecular flexibility index (Phi) is 4.94. The Morgan fingerprint density at radius 3 is 2.76 bits per heavy atom. The summed E-state index contributed by atoms with van der Waals surface area (Å²) in [5, 5.41) is 14.0. The second-order valence-electron chi connectivity index (χ2n) is 8.06. The van der Waals surface area contributed by atoms with E-state index in [1.807, 2.05) is 6.92 Å². The number of benzene rings is 1. The highest BCUT2D eigenvalue weighted by atomic mass is 19.4. The van der Waals surface area contributed by atoms with Crippen molar-refractivity contribution in [1.29, 1.82) is 0 Å². The number of carbonyl (C=O) groups excluding carboxylic acids is 1. The van der Waals surface area contributed by atoms with Gasteiger partial charge in [-0.25, -0.2) is 4.68 Å². The molecule has 5 rings (SSSR count). The average Bonchev–Trinajstić information content (AvgIpc) is 3.47. The fourth-order valence-corrected chi connectivity index (χ4v) is 4.12. The van der Waals surface area contributed by atoms with Crippen LogP contribution in [0.25, 0.3) is 0 Å². The largest absolute Gasteiger partial charge is 0.454 e. The van der Waals surface area contributed by atoms with E-state index in [0.29, 0.717) is 17.1 Å². The molecule has 0 radical (unpaired) electrons. The Balaban J connectivity index is 1.39. The zero-order valence-electron chi connectivity index (χ0n) is 17.8. The van der Waals surface area contributed by atoms with E-state index in [9.17, 15) is 18.0 Å². The first-order valence-electron chi connectivity index (χ1n) is 10.3. The molecular weight excluding hydrogens is 441 g/mol. The summed E-state index contributed by atoms with van der Waals surface area (Å²) in [6, 6.07) is 3.85. The number of nitrogens with zero attached hydrogens (tertiary/aromatic N) is 4. The lowest BCUT2D eigenvalue weighted by molar-refractivity contribution is -0.173. The summed E-state index contributed by atoms with van der Waals surface area (Å²) in [6.07, 6.45) is -3.06. The Bertz CT molecular complexity index is 1220. The zero-order chi connectivity index (χ0) is 23.3. The first-order valence-corrected chi connectivity index (χ1v) is 10.3. The molecule has 0 saturated carbocycles. The van der Waals surface area contributed by atoms with Gasteiger partial charge in [0.25, 0.3) is 5.91 Å². The number of rotatable bonds is 4. The lowest BCUT2D eigenvalue weighted by Crippen LogP contribution is -2.35. The molecule has 174 valence electrons. The van der Waals surface area contributed by atoms with Crippen molar-refractivity contribution in [2.24, 2.45) is 7.05 Å². The van der Waals surface area contributed by atoms with Gasteiger partial charge in [0.2, 0.25) is 6.79 Å². The summed E-state index contributed by atoms with van der Waals surface area (Å²) >= 11 is 0. The fourth-order valence-electron chi connectivity index (χ4n) is 4.12. The predicted octanol–water partition coefficient (Wildman–Crippen LogP) is 3.24. The van der Waals surface area contributed by atoms with E-state index in [1.165, 1.54) is 6.07 Å². The number of hydrogen-bond acceptors (Lipinski definition) is 6. The highest BCUT2D eigenvalue weighted by molar-refractivity contribution is 5.93. The lowest BCUT2D eigenvalue weighted by atomic mass is 9.96. The van der Waals surface area contributed by atoms with Crippen LogP contribution in [-0.2, 0) is 13.6 Å². The minimum atomic E-state index is -4.54. The maximum atomic E-state index is 13.9. The van der Waals surface area contributed by atoms with Gasteiger partial charge in [0.15, 0.2) is 23.2 Å². The summed E-state index contributed by atoms with van der Waals surface area (Å²) < 4.78 is 54.8. The molecule has 0 saturated heterocycles. The second-order valence-corrected chi connectivity index (χ2v) is 8.06. The number of aryl methyl sites for hydroxylation is 2. The molecule has 0 bridgehead atoms. The second kappa shape index (κ2) is 7.71. The molecule has 0 aliphatic carbocycles. The fraction of sp³-hybridized carbons (Fsp3) is 0.381. The quantitative estimate of drug-likeness (QED) is 0.618. The van der Waals surface area contributed by atoms with Crippen molar-refractivity contribution in [3.8, 4) is 11.5 Å². The Hall–Kier alpha value is -3.70. The maximum Gasteiger partial charge on any atom is 0.410 e. The zero-order valence-corrected chi connectivity index (χ0v) is 17.8. The Labute approximate surface area is 186 Å². The van der Waals surface area contributed by atoms with E-state index >= 15 is 0 Å². The van der Waals surface area contributed by atoms with E-state index in [1.54, 1.807) is 36.1 Å². The van der Waals surface area contributed by atoms with Gasteiger partial charge in [0.1, 0.15) is 5.82 Å². The van der Waals surface area contributed by atoms with E-state index in [2.05, 4.69) is 20.8 Å². The van der Waals surface area contributed by atoms with E-state index < -0.39 is 24.2 Å². The summed E-state index contributed by atoms with van der Waals surface area (Å²) in [5.41, 5.74) is 2.09. The third kappa shape index (κ3) is 3.96. The van der Waals surface area contributed by atoms with Gasteiger partial charge in [0.05, 0.1) is 11.7 Å². The van der Waals surface area contributed by atoms with Crippen LogP contribution in [0.15, 0.2) is 30.5 Å². The molecule has 0 unspecified atom stereocenters. The van der Waals surface area contributed by atoms with Crippen molar-refractivity contribution in [3.05, 3.63) is 53.0 Å². The minimum Gasteiger partial charge on any atom is -0.454 e. The first kappa shape index (κ1) is 21.2. The third-order valence-corrected chi connectivity index (χ3v) is 5.78. The molecule has 1 aromatic carbocycles. The van der Waals surface area contributed by atoms with Gasteiger partial charge in [0, 0.05) is 37.8 Å². The van der Waals surface area contributed by atoms with Crippen LogP contribution in [0.1, 0.15) is 45.8 Å². The molecule has 2 aliphatic rings. The number of hydrogen-bond donors (Lipinski definition) is 2. The van der Waals surface area contributed by atoms with Crippen molar-refractivity contribution in [2.75, 3.05) is 12.1 Å². The van der Waals surface area contributed by atoms with Crippen LogP contribution in [0, 0.1) is 6.92 Å². The molecule has 0 fully saturated rings. The van der Waals surface area contributed by atoms with Gasteiger partial charge in [-0.15, -0.1) is 0 Å². The molecule has 2 atom stereocenters. The highest BCUT2D eigenvalue weighted by Gasteiger charge is 2.47. The van der Waals surface area contributed by atoms with Crippen molar-refractivity contribution >= 4 is 11.7 Å². The molecule has 3 aromatic rings. The molecule has 4 heterocycles. The molecular formula is C21H21F3N6O3. The number of aromatic nitrogens is 4. The monoisotopic (exact) mass is 462 g/mol. The molecule has 12 heteroatoms. The lowest BCUT2D eigenvalue weighted by Gasteiger charge is -2.33. The Morgan fingerprint density at radius 1 is 1.24 bits per heavy atom. The smallest absolute Gasteiger partial charge is 0.410 e. The van der Waals surface area contributed by atoms with Crippen molar-refractivity contribution in [2.45, 2.75) is 38.1 Å². The topological polar surface area (TPSA) is 95.2 Å². The van der Waals surface area contributed by atoms with E-state index in [0.717, 1.165) is 15.9 Å². The number of carbonyl (C=O) groups is 1. The van der Waals surface area contributed by atoms with Gasteiger partial charge >= 0.3 is 6.18 Å². The van der Waals surface area contributed by atoms with Gasteiger partial charge in [-0.3, -0.25) is 9.48 Å². The van der Waals surface area contributed by atoms with Crippen LogP contribution < -0.4 is 20.1 Å². The molecule has 2 aromatic heterocycles. The van der Waals surface area contributed by atoms with Gasteiger partial charge in [-0.2, -0.15) is 23.4 Å². The van der Waals surface area contributed by atoms with E-state index in [-0.39, 0.29) is 31.3 Å². The molecule has 0 spiro atoms. The van der Waals surface area contributed by atoms with Crippen LogP contribution in [0.5, 0.6) is 11.5 Å². The number of ether oxygens (including phenoxy) is 2. The third-order valence-electron chi connectivity index (χ3n) is 5.78. The number of alkyl halides is 3.